The first-order valence-electron chi connectivity index (χ1n) is 9.93. The van der Waals surface area contributed by atoms with E-state index in [1.54, 1.807) is 13.0 Å². The maximum atomic E-state index is 13.7. The number of amides is 1. The summed E-state index contributed by atoms with van der Waals surface area (Å²) in [6.45, 7) is 4.63. The molecule has 1 aromatic rings. The van der Waals surface area contributed by atoms with Gasteiger partial charge in [0, 0.05) is 44.5 Å². The van der Waals surface area contributed by atoms with Crippen LogP contribution < -0.4 is 5.32 Å². The Kier molecular flexibility index (Phi) is 6.84. The lowest BCUT2D eigenvalue weighted by Gasteiger charge is -2.35. The van der Waals surface area contributed by atoms with Gasteiger partial charge in [-0.15, -0.1) is 0 Å². The molecule has 1 amide bonds. The lowest BCUT2D eigenvalue weighted by atomic mass is 10.2. The van der Waals surface area contributed by atoms with E-state index >= 15 is 0 Å². The summed E-state index contributed by atoms with van der Waals surface area (Å²) in [5, 5.41) is 10.6. The van der Waals surface area contributed by atoms with Gasteiger partial charge in [0.05, 0.1) is 0 Å². The number of alkyl halides is 1. The standard InChI is InChI=1S/C21H28F2N4O2/c1-14-9-16(23)11-17(10-14)25-21(28)20(29-18-4-3-15(22)12-18)19(13-24)27-7-5-26(2)6-8-27/h9-11,13,15,18,24H,3-8,12H2,1-2H3,(H,25,28)/b20-19-,24-13?. The highest BCUT2D eigenvalue weighted by molar-refractivity contribution is 6.05. The first-order valence-corrected chi connectivity index (χ1v) is 9.93. The molecule has 2 N–H and O–H groups in total. The van der Waals surface area contributed by atoms with Crippen molar-refractivity contribution in [2.75, 3.05) is 38.5 Å². The number of nitrogens with one attached hydrogen (secondary N) is 2. The summed E-state index contributed by atoms with van der Waals surface area (Å²) in [6.07, 6.45) is 0.898. The monoisotopic (exact) mass is 406 g/mol. The van der Waals surface area contributed by atoms with Crippen molar-refractivity contribution in [3.05, 3.63) is 41.0 Å². The minimum atomic E-state index is -0.942. The highest BCUT2D eigenvalue weighted by Gasteiger charge is 2.31. The van der Waals surface area contributed by atoms with Crippen LogP contribution in [0.4, 0.5) is 14.5 Å². The fourth-order valence-electron chi connectivity index (χ4n) is 3.74. The second-order valence-corrected chi connectivity index (χ2v) is 7.77. The van der Waals surface area contributed by atoms with Crippen molar-refractivity contribution < 1.29 is 18.3 Å². The van der Waals surface area contributed by atoms with Gasteiger partial charge in [0.25, 0.3) is 5.91 Å². The number of piperazine rings is 1. The summed E-state index contributed by atoms with van der Waals surface area (Å²) in [7, 11) is 2.02. The number of aryl methyl sites for hydroxylation is 1. The zero-order valence-electron chi connectivity index (χ0n) is 16.9. The van der Waals surface area contributed by atoms with Crippen LogP contribution in [0, 0.1) is 18.2 Å². The molecule has 2 unspecified atom stereocenters. The number of rotatable bonds is 6. The van der Waals surface area contributed by atoms with Crippen LogP contribution in [0.25, 0.3) is 0 Å². The van der Waals surface area contributed by atoms with Gasteiger partial charge in [-0.1, -0.05) is 0 Å². The van der Waals surface area contributed by atoms with E-state index < -0.39 is 24.0 Å². The SMILES string of the molecule is Cc1cc(F)cc(NC(=O)/C(OC2CCC(F)C2)=C(\C=N)N2CCN(C)CC2)c1. The highest BCUT2D eigenvalue weighted by atomic mass is 19.1. The lowest BCUT2D eigenvalue weighted by molar-refractivity contribution is -0.117. The fraction of sp³-hybridized carbons (Fsp3) is 0.524. The molecule has 29 heavy (non-hydrogen) atoms. The van der Waals surface area contributed by atoms with Gasteiger partial charge in [0.15, 0.2) is 0 Å². The molecule has 2 aliphatic rings. The minimum absolute atomic E-state index is 0.00873. The third-order valence-electron chi connectivity index (χ3n) is 5.32. The second kappa shape index (κ2) is 9.35. The number of likely N-dealkylation sites (N-methyl/N-ethyl adjacent to an activating group) is 1. The van der Waals surface area contributed by atoms with Gasteiger partial charge in [0.2, 0.25) is 5.76 Å². The number of hydrogen-bond donors (Lipinski definition) is 2. The Bertz CT molecular complexity index is 771. The van der Waals surface area contributed by atoms with E-state index in [0.717, 1.165) is 19.3 Å². The molecule has 0 radical (unpaired) electrons. The Morgan fingerprint density at radius 1 is 1.24 bits per heavy atom. The van der Waals surface area contributed by atoms with Gasteiger partial charge in [-0.2, -0.15) is 0 Å². The zero-order valence-corrected chi connectivity index (χ0v) is 16.9. The molecular formula is C21H28F2N4O2. The van der Waals surface area contributed by atoms with E-state index in [1.165, 1.54) is 12.1 Å². The number of anilines is 1. The summed E-state index contributed by atoms with van der Waals surface area (Å²) >= 11 is 0. The molecule has 2 atom stereocenters. The van der Waals surface area contributed by atoms with Gasteiger partial charge >= 0.3 is 0 Å². The second-order valence-electron chi connectivity index (χ2n) is 7.77. The molecule has 158 valence electrons. The highest BCUT2D eigenvalue weighted by Crippen LogP contribution is 2.28. The van der Waals surface area contributed by atoms with Crippen molar-refractivity contribution in [2.45, 2.75) is 38.5 Å². The first kappa shape index (κ1) is 21.2. The molecule has 1 saturated heterocycles. The van der Waals surface area contributed by atoms with Gasteiger partial charge < -0.3 is 25.3 Å². The van der Waals surface area contributed by atoms with Crippen molar-refractivity contribution in [2.24, 2.45) is 0 Å². The van der Waals surface area contributed by atoms with E-state index in [-0.39, 0.29) is 12.2 Å². The molecule has 2 fully saturated rings. The van der Waals surface area contributed by atoms with E-state index in [9.17, 15) is 13.6 Å². The molecule has 8 heteroatoms. The summed E-state index contributed by atoms with van der Waals surface area (Å²) < 4.78 is 33.3. The molecule has 0 spiro atoms. The van der Waals surface area contributed by atoms with Crippen LogP contribution in [0.15, 0.2) is 29.7 Å². The van der Waals surface area contributed by atoms with Crippen molar-refractivity contribution >= 4 is 17.8 Å². The molecular weight excluding hydrogens is 378 g/mol. The molecule has 1 aliphatic heterocycles. The first-order chi connectivity index (χ1) is 13.9. The topological polar surface area (TPSA) is 68.7 Å². The van der Waals surface area contributed by atoms with Crippen LogP contribution in [0.3, 0.4) is 0 Å². The van der Waals surface area contributed by atoms with Crippen molar-refractivity contribution in [3.8, 4) is 0 Å². The Labute approximate surface area is 170 Å². The normalized spacial score (nSPS) is 23.5. The third-order valence-corrected chi connectivity index (χ3v) is 5.32. The van der Waals surface area contributed by atoms with E-state index in [0.29, 0.717) is 42.9 Å². The third kappa shape index (κ3) is 5.53. The van der Waals surface area contributed by atoms with Crippen molar-refractivity contribution in [1.29, 1.82) is 5.41 Å². The quantitative estimate of drug-likeness (QED) is 0.433. The van der Waals surface area contributed by atoms with Crippen molar-refractivity contribution in [1.82, 2.24) is 9.80 Å². The number of allylic oxidation sites excluding steroid dienone is 1. The van der Waals surface area contributed by atoms with Gasteiger partial charge in [-0.25, -0.2) is 8.78 Å². The lowest BCUT2D eigenvalue weighted by Crippen LogP contribution is -2.45. The van der Waals surface area contributed by atoms with Crippen LogP contribution in [0.2, 0.25) is 0 Å². The molecule has 0 bridgehead atoms. The van der Waals surface area contributed by atoms with Gasteiger partial charge in [-0.05, 0) is 50.6 Å². The Hall–Kier alpha value is -2.48. The zero-order chi connectivity index (χ0) is 21.0. The van der Waals surface area contributed by atoms with E-state index in [4.69, 9.17) is 10.1 Å². The average Bonchev–Trinajstić information content (AvgIpc) is 3.07. The number of benzene rings is 1. The van der Waals surface area contributed by atoms with Gasteiger partial charge in [0.1, 0.15) is 23.8 Å². The molecule has 1 saturated carbocycles. The number of hydrogen-bond acceptors (Lipinski definition) is 5. The van der Waals surface area contributed by atoms with Crippen LogP contribution in [-0.2, 0) is 9.53 Å². The van der Waals surface area contributed by atoms with E-state index in [2.05, 4.69) is 10.2 Å². The molecule has 3 rings (SSSR count). The van der Waals surface area contributed by atoms with Crippen LogP contribution >= 0.6 is 0 Å². The molecule has 6 nitrogen and oxygen atoms in total. The number of ether oxygens (including phenoxy) is 1. The molecule has 0 aromatic heterocycles. The predicted octanol–water partition coefficient (Wildman–Crippen LogP) is 3.09. The number of carbonyl (C=O) groups is 1. The Balaban J connectivity index is 1.88. The van der Waals surface area contributed by atoms with Gasteiger partial charge in [-0.3, -0.25) is 4.79 Å². The van der Waals surface area contributed by atoms with Crippen LogP contribution in [0.5, 0.6) is 0 Å². The van der Waals surface area contributed by atoms with E-state index in [1.807, 2.05) is 11.9 Å². The predicted molar refractivity (Wildman–Crippen MR) is 108 cm³/mol. The fourth-order valence-corrected chi connectivity index (χ4v) is 3.74. The Morgan fingerprint density at radius 2 is 1.97 bits per heavy atom. The number of carbonyl (C=O) groups excluding carboxylic acids is 1. The number of halogens is 2. The summed E-state index contributed by atoms with van der Waals surface area (Å²) in [5.74, 6) is -1.02. The summed E-state index contributed by atoms with van der Waals surface area (Å²) in [4.78, 5) is 17.2. The van der Waals surface area contributed by atoms with Crippen molar-refractivity contribution in [3.63, 3.8) is 0 Å². The largest absolute Gasteiger partial charge is 0.483 e. The Morgan fingerprint density at radius 3 is 2.55 bits per heavy atom. The maximum Gasteiger partial charge on any atom is 0.293 e. The molecule has 1 aromatic carbocycles. The van der Waals surface area contributed by atoms with Crippen LogP contribution in [-0.4, -0.2) is 67.4 Å². The summed E-state index contributed by atoms with van der Waals surface area (Å²) in [6, 6.07) is 4.26. The summed E-state index contributed by atoms with van der Waals surface area (Å²) in [5.41, 5.74) is 1.35. The average molecular weight is 406 g/mol. The smallest absolute Gasteiger partial charge is 0.293 e. The number of nitrogens with zero attached hydrogens (tertiary/aromatic N) is 2. The molecule has 1 aliphatic carbocycles. The maximum absolute atomic E-state index is 13.7. The molecule has 1 heterocycles. The minimum Gasteiger partial charge on any atom is -0.483 e. The van der Waals surface area contributed by atoms with Crippen LogP contribution in [0.1, 0.15) is 24.8 Å².